The number of carbonyl (C=O) groups is 2. The predicted octanol–water partition coefficient (Wildman–Crippen LogP) is 3.68. The van der Waals surface area contributed by atoms with Crippen LogP contribution in [0.5, 0.6) is 0 Å². The zero-order chi connectivity index (χ0) is 20.3. The van der Waals surface area contributed by atoms with Gasteiger partial charge in [0.05, 0.1) is 23.1 Å². The molecule has 0 fully saturated rings. The van der Waals surface area contributed by atoms with Gasteiger partial charge in [0.15, 0.2) is 0 Å². The lowest BCUT2D eigenvalue weighted by molar-refractivity contribution is 0.0949. The third kappa shape index (κ3) is 4.23. The minimum absolute atomic E-state index is 0.0698. The molecule has 0 bridgehead atoms. The second-order valence-electron chi connectivity index (χ2n) is 6.74. The Balaban J connectivity index is 1.84. The molecule has 3 aromatic rings. The van der Waals surface area contributed by atoms with Gasteiger partial charge in [-0.2, -0.15) is 5.10 Å². The van der Waals surface area contributed by atoms with Gasteiger partial charge in [-0.3, -0.25) is 9.59 Å². The van der Waals surface area contributed by atoms with Gasteiger partial charge in [-0.15, -0.1) is 0 Å². The molecule has 0 aliphatic heterocycles. The number of amides is 2. The van der Waals surface area contributed by atoms with Gasteiger partial charge in [0.2, 0.25) is 5.91 Å². The first kappa shape index (κ1) is 19.6. The summed E-state index contributed by atoms with van der Waals surface area (Å²) >= 11 is 6.10. The minimum Gasteiger partial charge on any atom is -0.366 e. The number of benzene rings is 2. The second-order valence-corrected chi connectivity index (χ2v) is 7.17. The SMILES string of the molecule is CC(C)c1c(C(=O)NCc2cccc(C(N)=O)c2)cnn1-c1cccc(Cl)c1. The van der Waals surface area contributed by atoms with Crippen LogP contribution in [0, 0.1) is 0 Å². The second kappa shape index (κ2) is 8.27. The van der Waals surface area contributed by atoms with Crippen molar-refractivity contribution in [2.24, 2.45) is 5.73 Å². The molecule has 0 saturated carbocycles. The molecular weight excluding hydrogens is 376 g/mol. The largest absolute Gasteiger partial charge is 0.366 e. The summed E-state index contributed by atoms with van der Waals surface area (Å²) in [6.07, 6.45) is 1.56. The molecule has 2 aromatic carbocycles. The van der Waals surface area contributed by atoms with Crippen molar-refractivity contribution >= 4 is 23.4 Å². The zero-order valence-corrected chi connectivity index (χ0v) is 16.4. The van der Waals surface area contributed by atoms with Crippen LogP contribution in [0.1, 0.15) is 51.7 Å². The van der Waals surface area contributed by atoms with Crippen LogP contribution >= 0.6 is 11.6 Å². The Morgan fingerprint density at radius 2 is 1.93 bits per heavy atom. The number of rotatable bonds is 6. The molecule has 0 spiro atoms. The Hall–Kier alpha value is -3.12. The van der Waals surface area contributed by atoms with Crippen molar-refractivity contribution in [3.63, 3.8) is 0 Å². The number of primary amides is 1. The van der Waals surface area contributed by atoms with Gasteiger partial charge in [-0.1, -0.05) is 43.6 Å². The summed E-state index contributed by atoms with van der Waals surface area (Å²) in [6.45, 7) is 4.29. The van der Waals surface area contributed by atoms with E-state index in [1.54, 1.807) is 41.2 Å². The summed E-state index contributed by atoms with van der Waals surface area (Å²) < 4.78 is 1.74. The first-order valence-electron chi connectivity index (χ1n) is 8.87. The highest BCUT2D eigenvalue weighted by Gasteiger charge is 2.21. The molecule has 1 aromatic heterocycles. The van der Waals surface area contributed by atoms with Crippen LogP contribution in [0.25, 0.3) is 5.69 Å². The summed E-state index contributed by atoms with van der Waals surface area (Å²) in [6, 6.07) is 14.2. The van der Waals surface area contributed by atoms with Gasteiger partial charge in [-0.25, -0.2) is 4.68 Å². The summed E-state index contributed by atoms with van der Waals surface area (Å²) in [5, 5.41) is 7.88. The zero-order valence-electron chi connectivity index (χ0n) is 15.6. The maximum atomic E-state index is 12.8. The molecule has 28 heavy (non-hydrogen) atoms. The first-order valence-corrected chi connectivity index (χ1v) is 9.25. The van der Waals surface area contributed by atoms with Crippen molar-refractivity contribution in [1.82, 2.24) is 15.1 Å². The highest BCUT2D eigenvalue weighted by Crippen LogP contribution is 2.24. The summed E-state index contributed by atoms with van der Waals surface area (Å²) in [7, 11) is 0. The van der Waals surface area contributed by atoms with Crippen LogP contribution in [0.3, 0.4) is 0 Å². The molecule has 0 unspecified atom stereocenters. The van der Waals surface area contributed by atoms with Crippen molar-refractivity contribution in [3.8, 4) is 5.69 Å². The maximum absolute atomic E-state index is 12.8. The third-order valence-corrected chi connectivity index (χ3v) is 4.55. The van der Waals surface area contributed by atoms with Crippen LogP contribution < -0.4 is 11.1 Å². The van der Waals surface area contributed by atoms with E-state index in [1.807, 2.05) is 32.0 Å². The minimum atomic E-state index is -0.502. The lowest BCUT2D eigenvalue weighted by Crippen LogP contribution is -2.24. The molecule has 0 aliphatic rings. The fourth-order valence-corrected chi connectivity index (χ4v) is 3.20. The molecule has 0 radical (unpaired) electrons. The van der Waals surface area contributed by atoms with E-state index in [1.165, 1.54) is 0 Å². The van der Waals surface area contributed by atoms with E-state index < -0.39 is 5.91 Å². The van der Waals surface area contributed by atoms with E-state index in [0.717, 1.165) is 16.9 Å². The topological polar surface area (TPSA) is 90.0 Å². The highest BCUT2D eigenvalue weighted by molar-refractivity contribution is 6.30. The lowest BCUT2D eigenvalue weighted by atomic mass is 10.0. The van der Waals surface area contributed by atoms with E-state index in [2.05, 4.69) is 10.4 Å². The van der Waals surface area contributed by atoms with Crippen molar-refractivity contribution in [3.05, 3.63) is 82.1 Å². The van der Waals surface area contributed by atoms with Crippen molar-refractivity contribution < 1.29 is 9.59 Å². The average Bonchev–Trinajstić information content (AvgIpc) is 3.12. The Morgan fingerprint density at radius 1 is 1.18 bits per heavy atom. The van der Waals surface area contributed by atoms with Gasteiger partial charge in [-0.05, 0) is 41.8 Å². The number of hydrogen-bond acceptors (Lipinski definition) is 3. The first-order chi connectivity index (χ1) is 13.4. The fourth-order valence-electron chi connectivity index (χ4n) is 3.01. The molecule has 0 atom stereocenters. The Kier molecular flexibility index (Phi) is 5.80. The summed E-state index contributed by atoms with van der Waals surface area (Å²) in [5.41, 5.74) is 8.59. The lowest BCUT2D eigenvalue weighted by Gasteiger charge is -2.13. The predicted molar refractivity (Wildman–Crippen MR) is 109 cm³/mol. The molecule has 0 aliphatic carbocycles. The van der Waals surface area contributed by atoms with Crippen LogP contribution in [-0.4, -0.2) is 21.6 Å². The molecule has 144 valence electrons. The van der Waals surface area contributed by atoms with Crippen LogP contribution in [-0.2, 0) is 6.54 Å². The van der Waals surface area contributed by atoms with Gasteiger partial charge in [0, 0.05) is 17.1 Å². The monoisotopic (exact) mass is 396 g/mol. The number of nitrogens with one attached hydrogen (secondary N) is 1. The van der Waals surface area contributed by atoms with E-state index in [9.17, 15) is 9.59 Å². The number of nitrogens with two attached hydrogens (primary N) is 1. The van der Waals surface area contributed by atoms with Crippen molar-refractivity contribution in [1.29, 1.82) is 0 Å². The standard InChI is InChI=1S/C21H21ClN4O2/c1-13(2)19-18(12-25-26(19)17-8-4-7-16(22)10-17)21(28)24-11-14-5-3-6-15(9-14)20(23)27/h3-10,12-13H,11H2,1-2H3,(H2,23,27)(H,24,28). The Bertz CT molecular complexity index is 1030. The van der Waals surface area contributed by atoms with Crippen molar-refractivity contribution in [2.75, 3.05) is 0 Å². The average molecular weight is 397 g/mol. The maximum Gasteiger partial charge on any atom is 0.255 e. The molecule has 2 amide bonds. The van der Waals surface area contributed by atoms with E-state index in [4.69, 9.17) is 17.3 Å². The summed E-state index contributed by atoms with van der Waals surface area (Å²) in [4.78, 5) is 24.1. The van der Waals surface area contributed by atoms with Gasteiger partial charge >= 0.3 is 0 Å². The molecule has 7 heteroatoms. The van der Waals surface area contributed by atoms with Gasteiger partial charge in [0.1, 0.15) is 0 Å². The number of hydrogen-bond donors (Lipinski definition) is 2. The highest BCUT2D eigenvalue weighted by atomic mass is 35.5. The molecule has 1 heterocycles. The smallest absolute Gasteiger partial charge is 0.255 e. The number of carbonyl (C=O) groups excluding carboxylic acids is 2. The van der Waals surface area contributed by atoms with E-state index in [0.29, 0.717) is 16.1 Å². The van der Waals surface area contributed by atoms with Crippen molar-refractivity contribution in [2.45, 2.75) is 26.3 Å². The number of aromatic nitrogens is 2. The normalized spacial score (nSPS) is 10.9. The van der Waals surface area contributed by atoms with Gasteiger partial charge < -0.3 is 11.1 Å². The summed E-state index contributed by atoms with van der Waals surface area (Å²) in [5.74, 6) is -0.667. The van der Waals surface area contributed by atoms with E-state index >= 15 is 0 Å². The Morgan fingerprint density at radius 3 is 2.61 bits per heavy atom. The van der Waals surface area contributed by atoms with E-state index in [-0.39, 0.29) is 18.4 Å². The molecular formula is C21H21ClN4O2. The Labute approximate surface area is 168 Å². The third-order valence-electron chi connectivity index (χ3n) is 4.32. The molecule has 3 rings (SSSR count). The van der Waals surface area contributed by atoms with Crippen LogP contribution in [0.4, 0.5) is 0 Å². The number of halogens is 1. The number of nitrogens with zero attached hydrogens (tertiary/aromatic N) is 2. The quantitative estimate of drug-likeness (QED) is 0.665. The molecule has 0 saturated heterocycles. The fraction of sp³-hybridized carbons (Fsp3) is 0.190. The van der Waals surface area contributed by atoms with Crippen LogP contribution in [0.15, 0.2) is 54.7 Å². The van der Waals surface area contributed by atoms with Crippen LogP contribution in [0.2, 0.25) is 5.02 Å². The van der Waals surface area contributed by atoms with Gasteiger partial charge in [0.25, 0.3) is 5.91 Å². The molecule has 6 nitrogen and oxygen atoms in total. The molecule has 3 N–H and O–H groups in total.